The number of rotatable bonds is 2. The van der Waals surface area contributed by atoms with Gasteiger partial charge in [-0.3, -0.25) is 0 Å². The van der Waals surface area contributed by atoms with Crippen LogP contribution in [0, 0.1) is 0 Å². The van der Waals surface area contributed by atoms with E-state index in [0.29, 0.717) is 22.0 Å². The Hall–Kier alpha value is -1.75. The molecule has 0 aromatic heterocycles. The number of nitrogens with zero attached hydrogens (tertiary/aromatic N) is 1. The van der Waals surface area contributed by atoms with Crippen LogP contribution in [-0.2, 0) is 4.74 Å². The third-order valence-electron chi connectivity index (χ3n) is 1.91. The lowest BCUT2D eigenvalue weighted by molar-refractivity contribution is 0.171. The predicted octanol–water partition coefficient (Wildman–Crippen LogP) is 2.00. The number of hydrogen-bond donors (Lipinski definition) is 2. The van der Waals surface area contributed by atoms with Gasteiger partial charge in [-0.1, -0.05) is 11.6 Å². The van der Waals surface area contributed by atoms with E-state index in [2.05, 4.69) is 15.3 Å². The van der Waals surface area contributed by atoms with Gasteiger partial charge in [0.25, 0.3) is 0 Å². The van der Waals surface area contributed by atoms with E-state index in [1.807, 2.05) is 0 Å². The highest BCUT2D eigenvalue weighted by molar-refractivity contribution is 6.31. The van der Waals surface area contributed by atoms with Crippen LogP contribution in [0.3, 0.4) is 0 Å². The number of anilines is 1. The number of hydrazone groups is 1. The summed E-state index contributed by atoms with van der Waals surface area (Å²) in [6.07, 6.45) is -0.639. The fraction of sp³-hybridized carbons (Fsp3) is 0.200. The molecule has 16 heavy (non-hydrogen) atoms. The summed E-state index contributed by atoms with van der Waals surface area (Å²) in [6.45, 7) is 1.71. The van der Waals surface area contributed by atoms with Gasteiger partial charge >= 0.3 is 6.09 Å². The summed E-state index contributed by atoms with van der Waals surface area (Å²) in [7, 11) is 1.26. The van der Waals surface area contributed by atoms with Crippen LogP contribution in [0.5, 0.6) is 0 Å². The lowest BCUT2D eigenvalue weighted by atomic mass is 10.1. The quantitative estimate of drug-likeness (QED) is 0.472. The highest BCUT2D eigenvalue weighted by atomic mass is 35.5. The van der Waals surface area contributed by atoms with Crippen molar-refractivity contribution in [1.82, 2.24) is 5.43 Å². The van der Waals surface area contributed by atoms with Crippen LogP contribution < -0.4 is 11.2 Å². The average Bonchev–Trinajstić information content (AvgIpc) is 2.28. The van der Waals surface area contributed by atoms with Gasteiger partial charge in [0.05, 0.1) is 12.8 Å². The van der Waals surface area contributed by atoms with Crippen molar-refractivity contribution < 1.29 is 9.53 Å². The molecule has 0 fully saturated rings. The van der Waals surface area contributed by atoms with Crippen molar-refractivity contribution in [2.24, 2.45) is 5.10 Å². The highest BCUT2D eigenvalue weighted by Crippen LogP contribution is 2.18. The fourth-order valence-corrected chi connectivity index (χ4v) is 1.25. The molecule has 1 aromatic carbocycles. The number of hydrogen-bond acceptors (Lipinski definition) is 4. The van der Waals surface area contributed by atoms with Crippen molar-refractivity contribution in [3.63, 3.8) is 0 Å². The number of nitrogens with one attached hydrogen (secondary N) is 1. The van der Waals surface area contributed by atoms with Crippen molar-refractivity contribution in [3.05, 3.63) is 28.8 Å². The molecule has 1 amide bonds. The predicted molar refractivity (Wildman–Crippen MR) is 63.6 cm³/mol. The van der Waals surface area contributed by atoms with E-state index in [0.717, 1.165) is 0 Å². The van der Waals surface area contributed by atoms with E-state index in [9.17, 15) is 4.79 Å². The van der Waals surface area contributed by atoms with Gasteiger partial charge in [0.1, 0.15) is 0 Å². The van der Waals surface area contributed by atoms with Gasteiger partial charge in [-0.05, 0) is 25.1 Å². The number of carbonyl (C=O) groups excluding carboxylic acids is 1. The molecule has 1 aromatic rings. The summed E-state index contributed by atoms with van der Waals surface area (Å²) < 4.78 is 4.38. The van der Waals surface area contributed by atoms with Gasteiger partial charge in [-0.15, -0.1) is 0 Å². The Labute approximate surface area is 98.2 Å². The van der Waals surface area contributed by atoms with E-state index < -0.39 is 6.09 Å². The molecule has 1 rings (SSSR count). The number of carbonyl (C=O) groups is 1. The number of ether oxygens (including phenoxy) is 1. The zero-order valence-electron chi connectivity index (χ0n) is 8.95. The molecule has 0 atom stereocenters. The summed E-state index contributed by atoms with van der Waals surface area (Å²) in [5.74, 6) is 0. The summed E-state index contributed by atoms with van der Waals surface area (Å²) >= 11 is 5.83. The van der Waals surface area contributed by atoms with Gasteiger partial charge < -0.3 is 10.5 Å². The van der Waals surface area contributed by atoms with Crippen LogP contribution in [0.2, 0.25) is 5.02 Å². The SMILES string of the molecule is COC(=O)N/N=C(\C)c1cc(Cl)ccc1N. The third kappa shape index (κ3) is 3.13. The molecular weight excluding hydrogens is 230 g/mol. The van der Waals surface area contributed by atoms with Crippen LogP contribution in [0.15, 0.2) is 23.3 Å². The van der Waals surface area contributed by atoms with Crippen molar-refractivity contribution in [2.45, 2.75) is 6.92 Å². The van der Waals surface area contributed by atoms with Gasteiger partial charge in [-0.2, -0.15) is 5.10 Å². The zero-order chi connectivity index (χ0) is 12.1. The topological polar surface area (TPSA) is 76.7 Å². The van der Waals surface area contributed by atoms with Gasteiger partial charge in [-0.25, -0.2) is 10.2 Å². The molecule has 3 N–H and O–H groups in total. The van der Waals surface area contributed by atoms with Crippen molar-refractivity contribution in [3.8, 4) is 0 Å². The normalized spacial score (nSPS) is 11.1. The lowest BCUT2D eigenvalue weighted by Gasteiger charge is -2.05. The summed E-state index contributed by atoms with van der Waals surface area (Å²) in [6, 6.07) is 5.03. The minimum Gasteiger partial charge on any atom is -0.452 e. The number of benzene rings is 1. The number of halogens is 1. The van der Waals surface area contributed by atoms with E-state index in [1.165, 1.54) is 7.11 Å². The largest absolute Gasteiger partial charge is 0.452 e. The van der Waals surface area contributed by atoms with Crippen LogP contribution in [-0.4, -0.2) is 18.9 Å². The second-order valence-electron chi connectivity index (χ2n) is 3.03. The Kier molecular flexibility index (Phi) is 4.13. The zero-order valence-corrected chi connectivity index (χ0v) is 9.71. The molecule has 0 aliphatic carbocycles. The molecule has 0 unspecified atom stereocenters. The van der Waals surface area contributed by atoms with Gasteiger partial charge in [0.15, 0.2) is 0 Å². The second-order valence-corrected chi connectivity index (χ2v) is 3.47. The maximum atomic E-state index is 10.8. The molecule has 86 valence electrons. The van der Waals surface area contributed by atoms with Crippen LogP contribution in [0.1, 0.15) is 12.5 Å². The standard InChI is InChI=1S/C10H12ClN3O2/c1-6(13-14-10(15)16-2)8-5-7(11)3-4-9(8)12/h3-5H,12H2,1-2H3,(H,14,15)/b13-6+. The van der Waals surface area contributed by atoms with Crippen molar-refractivity contribution in [2.75, 3.05) is 12.8 Å². The molecule has 0 aliphatic rings. The minimum atomic E-state index is -0.639. The Morgan fingerprint density at radius 3 is 2.88 bits per heavy atom. The Morgan fingerprint density at radius 2 is 2.25 bits per heavy atom. The Balaban J connectivity index is 2.91. The fourth-order valence-electron chi connectivity index (χ4n) is 1.08. The molecule has 0 spiro atoms. The van der Waals surface area contributed by atoms with Crippen molar-refractivity contribution >= 4 is 29.1 Å². The summed E-state index contributed by atoms with van der Waals surface area (Å²) in [5.41, 5.74) is 9.71. The monoisotopic (exact) mass is 241 g/mol. The van der Waals surface area contributed by atoms with E-state index in [-0.39, 0.29) is 0 Å². The molecule has 0 saturated carbocycles. The van der Waals surface area contributed by atoms with Crippen LogP contribution in [0.4, 0.5) is 10.5 Å². The number of amides is 1. The van der Waals surface area contributed by atoms with Crippen LogP contribution >= 0.6 is 11.6 Å². The molecule has 6 heteroatoms. The summed E-state index contributed by atoms with van der Waals surface area (Å²) in [5, 5.41) is 4.37. The third-order valence-corrected chi connectivity index (χ3v) is 2.14. The number of methoxy groups -OCH3 is 1. The smallest absolute Gasteiger partial charge is 0.427 e. The van der Waals surface area contributed by atoms with Crippen LogP contribution in [0.25, 0.3) is 0 Å². The lowest BCUT2D eigenvalue weighted by Crippen LogP contribution is -2.19. The first-order valence-electron chi connectivity index (χ1n) is 4.48. The van der Waals surface area contributed by atoms with Gasteiger partial charge in [0.2, 0.25) is 0 Å². The minimum absolute atomic E-state index is 0.539. The van der Waals surface area contributed by atoms with E-state index in [1.54, 1.807) is 25.1 Å². The van der Waals surface area contributed by atoms with Gasteiger partial charge in [0, 0.05) is 16.3 Å². The van der Waals surface area contributed by atoms with Crippen molar-refractivity contribution in [1.29, 1.82) is 0 Å². The molecule has 0 heterocycles. The molecular formula is C10H12ClN3O2. The molecule has 0 bridgehead atoms. The Bertz CT molecular complexity index is 432. The molecule has 0 radical (unpaired) electrons. The van der Waals surface area contributed by atoms with E-state index >= 15 is 0 Å². The molecule has 0 saturated heterocycles. The number of nitrogens with two attached hydrogens (primary N) is 1. The summed E-state index contributed by atoms with van der Waals surface area (Å²) in [4.78, 5) is 10.8. The highest BCUT2D eigenvalue weighted by Gasteiger charge is 2.04. The molecule has 0 aliphatic heterocycles. The van der Waals surface area contributed by atoms with E-state index in [4.69, 9.17) is 17.3 Å². The second kappa shape index (κ2) is 5.37. The Morgan fingerprint density at radius 1 is 1.56 bits per heavy atom. The first-order chi connectivity index (χ1) is 7.54. The first-order valence-corrected chi connectivity index (χ1v) is 4.86. The maximum Gasteiger partial charge on any atom is 0.427 e. The average molecular weight is 242 g/mol. The number of nitrogen functional groups attached to an aromatic ring is 1. The first kappa shape index (κ1) is 12.3. The molecule has 5 nitrogen and oxygen atoms in total. The maximum absolute atomic E-state index is 10.8.